The Morgan fingerprint density at radius 1 is 0.679 bits per heavy atom. The van der Waals surface area contributed by atoms with Gasteiger partial charge in [-0.25, -0.2) is 19.9 Å². The highest BCUT2D eigenvalue weighted by molar-refractivity contribution is 6.76. The van der Waals surface area contributed by atoms with Crippen molar-refractivity contribution in [3.63, 3.8) is 0 Å². The number of hydrogen-bond acceptors (Lipinski definition) is 7. The largest absolute Gasteiger partial charge is 0.497 e. The summed E-state index contributed by atoms with van der Waals surface area (Å²) in [6, 6.07) is 17.7. The number of methoxy groups -OCH3 is 2. The number of nitrogens with zero attached hydrogens (tertiary/aromatic N) is 9. The molecular weight excluding hydrogens is 721 g/mol. The van der Waals surface area contributed by atoms with Crippen molar-refractivity contribution in [1.82, 2.24) is 47.4 Å². The third kappa shape index (κ3) is 6.16. The van der Waals surface area contributed by atoms with E-state index in [1.54, 1.807) is 14.2 Å². The van der Waals surface area contributed by atoms with Crippen LogP contribution in [0.3, 0.4) is 0 Å². The monoisotopic (exact) mass is 764 g/mol. The molecule has 8 aromatic heterocycles. The average Bonchev–Trinajstić information content (AvgIpc) is 4.05. The Kier molecular flexibility index (Phi) is 8.66. The molecule has 14 heteroatoms. The Morgan fingerprint density at radius 3 is 1.93 bits per heavy atom. The van der Waals surface area contributed by atoms with Gasteiger partial charge < -0.3 is 28.3 Å². The number of imidazole rings is 2. The van der Waals surface area contributed by atoms with Crippen LogP contribution in [0, 0.1) is 0 Å². The normalized spacial score (nSPS) is 12.1. The highest BCUT2D eigenvalue weighted by Gasteiger charge is 2.20. The number of hydrogen-bond donors (Lipinski definition) is 1. The van der Waals surface area contributed by atoms with Crippen molar-refractivity contribution in [2.24, 2.45) is 14.1 Å². The second-order valence-corrected chi connectivity index (χ2v) is 21.0. The highest BCUT2D eigenvalue weighted by Crippen LogP contribution is 2.37. The van der Waals surface area contributed by atoms with Gasteiger partial charge in [-0.05, 0) is 54.6 Å². The van der Waals surface area contributed by atoms with Gasteiger partial charge in [0, 0.05) is 74.1 Å². The molecule has 0 fully saturated rings. The van der Waals surface area contributed by atoms with Crippen molar-refractivity contribution in [1.29, 1.82) is 0 Å². The van der Waals surface area contributed by atoms with E-state index in [4.69, 9.17) is 19.2 Å². The number of benzene rings is 2. The number of rotatable bonds is 9. The van der Waals surface area contributed by atoms with Gasteiger partial charge in [-0.3, -0.25) is 13.4 Å². The first-order chi connectivity index (χ1) is 27.1. The number of nitrogens with one attached hydrogen (secondary N) is 1. The lowest BCUT2D eigenvalue weighted by Crippen LogP contribution is -2.22. The van der Waals surface area contributed by atoms with Gasteiger partial charge in [-0.2, -0.15) is 0 Å². The number of ether oxygens (including phenoxy) is 3. The van der Waals surface area contributed by atoms with Crippen LogP contribution in [0.4, 0.5) is 0 Å². The van der Waals surface area contributed by atoms with E-state index in [9.17, 15) is 0 Å². The van der Waals surface area contributed by atoms with Crippen molar-refractivity contribution >= 4 is 63.2 Å². The zero-order valence-corrected chi connectivity index (χ0v) is 33.6. The van der Waals surface area contributed by atoms with Crippen LogP contribution in [0.15, 0.2) is 98.4 Å². The van der Waals surface area contributed by atoms with Crippen molar-refractivity contribution in [2.75, 3.05) is 20.8 Å². The molecule has 0 radical (unpaired) electrons. The van der Waals surface area contributed by atoms with Gasteiger partial charge in [0.05, 0.1) is 85.1 Å². The van der Waals surface area contributed by atoms with Gasteiger partial charge in [-0.15, -0.1) is 0 Å². The van der Waals surface area contributed by atoms with Gasteiger partial charge in [0.2, 0.25) is 0 Å². The Labute approximate surface area is 323 Å². The summed E-state index contributed by atoms with van der Waals surface area (Å²) in [6.07, 6.45) is 15.3. The predicted octanol–water partition coefficient (Wildman–Crippen LogP) is 8.54. The average molecular weight is 765 g/mol. The molecule has 0 aliphatic carbocycles. The fourth-order valence-corrected chi connectivity index (χ4v) is 8.22. The van der Waals surface area contributed by atoms with Gasteiger partial charge in [-0.1, -0.05) is 19.6 Å². The van der Waals surface area contributed by atoms with E-state index in [1.165, 1.54) is 0 Å². The van der Waals surface area contributed by atoms with Crippen LogP contribution < -0.4 is 9.47 Å². The molecule has 0 spiro atoms. The van der Waals surface area contributed by atoms with E-state index in [1.807, 2.05) is 61.0 Å². The lowest BCUT2D eigenvalue weighted by atomic mass is 10.1. The van der Waals surface area contributed by atoms with Crippen LogP contribution >= 0.6 is 0 Å². The topological polar surface area (TPSA) is 119 Å². The molecule has 56 heavy (non-hydrogen) atoms. The van der Waals surface area contributed by atoms with Gasteiger partial charge in [0.1, 0.15) is 18.2 Å². The molecule has 8 heterocycles. The molecular formula is C42H44N10O3Si. The van der Waals surface area contributed by atoms with Gasteiger partial charge in [0.15, 0.2) is 11.3 Å². The molecule has 0 saturated carbocycles. The SMILES string of the molecule is COc1ccc2c(c1)c(-c1cc3c(ncc4cncn43)[nH]1)cn2C.COc1ccc2c(c1)c(-c1cc3c(ncc4cncn43)n1COCC[Si](C)(C)C)cn2C. The van der Waals surface area contributed by atoms with Crippen molar-refractivity contribution in [2.45, 2.75) is 32.4 Å². The van der Waals surface area contributed by atoms with Crippen LogP contribution in [0.1, 0.15) is 0 Å². The minimum Gasteiger partial charge on any atom is -0.497 e. The second-order valence-electron chi connectivity index (χ2n) is 15.4. The van der Waals surface area contributed by atoms with Crippen molar-refractivity contribution in [3.8, 4) is 34.0 Å². The van der Waals surface area contributed by atoms with Crippen LogP contribution in [-0.2, 0) is 25.6 Å². The molecule has 0 aliphatic heterocycles. The zero-order valence-electron chi connectivity index (χ0n) is 32.6. The second kappa shape index (κ2) is 13.7. The number of aryl methyl sites for hydroxylation is 2. The number of aromatic amines is 1. The quantitative estimate of drug-likeness (QED) is 0.116. The first kappa shape index (κ1) is 35.3. The van der Waals surface area contributed by atoms with E-state index in [0.717, 1.165) is 102 Å². The van der Waals surface area contributed by atoms with Crippen LogP contribution in [0.5, 0.6) is 11.5 Å². The number of aromatic nitrogens is 10. The molecule has 0 bridgehead atoms. The van der Waals surface area contributed by atoms with E-state index in [-0.39, 0.29) is 0 Å². The maximum Gasteiger partial charge on any atom is 0.159 e. The first-order valence-corrected chi connectivity index (χ1v) is 22.3. The third-order valence-electron chi connectivity index (χ3n) is 10.5. The summed E-state index contributed by atoms with van der Waals surface area (Å²) in [4.78, 5) is 21.2. The smallest absolute Gasteiger partial charge is 0.159 e. The summed E-state index contributed by atoms with van der Waals surface area (Å²) in [6.45, 7) is 8.32. The number of H-pyrrole nitrogens is 1. The summed E-state index contributed by atoms with van der Waals surface area (Å²) < 4.78 is 27.6. The van der Waals surface area contributed by atoms with Crippen LogP contribution in [0.25, 0.3) is 77.7 Å². The fraction of sp³-hybridized carbons (Fsp3) is 0.238. The number of fused-ring (bicyclic) bond motifs is 8. The van der Waals surface area contributed by atoms with Crippen LogP contribution in [0.2, 0.25) is 25.7 Å². The summed E-state index contributed by atoms with van der Waals surface area (Å²) in [5, 5.41) is 2.28. The fourth-order valence-electron chi connectivity index (χ4n) is 7.46. The molecule has 284 valence electrons. The molecule has 0 unspecified atom stereocenters. The Hall–Kier alpha value is -6.38. The first-order valence-electron chi connectivity index (χ1n) is 18.5. The Balaban J connectivity index is 0.000000152. The molecule has 13 nitrogen and oxygen atoms in total. The molecule has 2 aromatic carbocycles. The maximum atomic E-state index is 6.18. The van der Waals surface area contributed by atoms with E-state index < -0.39 is 8.07 Å². The summed E-state index contributed by atoms with van der Waals surface area (Å²) in [7, 11) is 6.35. The Morgan fingerprint density at radius 2 is 1.29 bits per heavy atom. The highest BCUT2D eigenvalue weighted by atomic mass is 28.3. The van der Waals surface area contributed by atoms with Crippen LogP contribution in [-0.4, -0.2) is 76.3 Å². The van der Waals surface area contributed by atoms with Gasteiger partial charge >= 0.3 is 0 Å². The molecule has 10 rings (SSSR count). The third-order valence-corrected chi connectivity index (χ3v) is 12.2. The standard InChI is InChI=1S/C24H29N5O2Si.C18H15N5O/c1-27-14-20(19-10-18(30-2)6-7-21(19)27)22-11-23-24(26-13-17-12-25-15-28(17)23)29(22)16-31-8-9-32(3,4)5;1-22-9-14(13-5-12(24-2)3-4-16(13)22)15-6-17-18(21-15)20-8-11-7-19-10-23(11)17/h6-7,10-15H,8-9,16H2,1-5H3;3-10,21H,1-2H3. The van der Waals surface area contributed by atoms with E-state index >= 15 is 0 Å². The van der Waals surface area contributed by atoms with Crippen molar-refractivity contribution < 1.29 is 14.2 Å². The summed E-state index contributed by atoms with van der Waals surface area (Å²) in [5.74, 6) is 1.69. The van der Waals surface area contributed by atoms with E-state index in [2.05, 4.69) is 114 Å². The zero-order chi connectivity index (χ0) is 38.7. The molecule has 1 N–H and O–H groups in total. The molecule has 0 atom stereocenters. The minimum atomic E-state index is -1.16. The molecule has 10 aromatic rings. The molecule has 0 amide bonds. The molecule has 0 saturated heterocycles. The van der Waals surface area contributed by atoms with E-state index in [0.29, 0.717) is 6.73 Å². The molecule has 0 aliphatic rings. The maximum absolute atomic E-state index is 6.18. The van der Waals surface area contributed by atoms with Gasteiger partial charge in [0.25, 0.3) is 0 Å². The summed E-state index contributed by atoms with van der Waals surface area (Å²) >= 11 is 0. The Bertz CT molecular complexity index is 3040. The predicted molar refractivity (Wildman–Crippen MR) is 224 cm³/mol. The lowest BCUT2D eigenvalue weighted by Gasteiger charge is -2.16. The van der Waals surface area contributed by atoms with Crippen molar-refractivity contribution in [3.05, 3.63) is 98.4 Å². The minimum absolute atomic E-state index is 0.455. The lowest BCUT2D eigenvalue weighted by molar-refractivity contribution is 0.0909. The summed E-state index contributed by atoms with van der Waals surface area (Å²) in [5.41, 5.74) is 12.4.